The molecule has 3 aromatic rings. The highest BCUT2D eigenvalue weighted by Crippen LogP contribution is 2.37. The number of methoxy groups -OCH3 is 2. The molecule has 2 heterocycles. The molecule has 1 aliphatic rings. The van der Waals surface area contributed by atoms with Crippen LogP contribution >= 0.6 is 0 Å². The van der Waals surface area contributed by atoms with Crippen LogP contribution in [0.25, 0.3) is 0 Å². The van der Waals surface area contributed by atoms with Crippen molar-refractivity contribution in [2.45, 2.75) is 12.7 Å². The number of nitro groups is 1. The lowest BCUT2D eigenvalue weighted by Crippen LogP contribution is -2.32. The van der Waals surface area contributed by atoms with Gasteiger partial charge in [0.05, 0.1) is 42.2 Å². The summed E-state index contributed by atoms with van der Waals surface area (Å²) in [6.45, 7) is 0.339. The fourth-order valence-corrected chi connectivity index (χ4v) is 3.53. The van der Waals surface area contributed by atoms with Crippen molar-refractivity contribution in [1.82, 2.24) is 9.88 Å². The Labute approximate surface area is 178 Å². The van der Waals surface area contributed by atoms with Gasteiger partial charge < -0.3 is 19.7 Å². The quantitative estimate of drug-likeness (QED) is 0.458. The standard InChI is InChI=1S/C22H20N4O5/c1-30-16-8-5-14(6-9-16)13-25-21(20-17(22(25)27)4-3-11-23-20)24-18-10-7-15(26(28)29)12-19(18)31-2/h3-12,21,24H,13H2,1-2H3/t21-/m0/s1. The van der Waals surface area contributed by atoms with Crippen LogP contribution in [-0.4, -0.2) is 34.9 Å². The van der Waals surface area contributed by atoms with Crippen LogP contribution in [0, 0.1) is 10.1 Å². The second-order valence-corrected chi connectivity index (χ2v) is 6.91. The lowest BCUT2D eigenvalue weighted by Gasteiger charge is -2.27. The van der Waals surface area contributed by atoms with E-state index < -0.39 is 11.1 Å². The fraction of sp³-hybridized carbons (Fsp3) is 0.182. The monoisotopic (exact) mass is 420 g/mol. The SMILES string of the molecule is COc1ccc(CN2C(=O)c3cccnc3[C@H]2Nc2ccc([N+](=O)[O-])cc2OC)cc1. The average molecular weight is 420 g/mol. The van der Waals surface area contributed by atoms with E-state index >= 15 is 0 Å². The molecule has 2 aromatic carbocycles. The van der Waals surface area contributed by atoms with Gasteiger partial charge in [-0.2, -0.15) is 0 Å². The summed E-state index contributed by atoms with van der Waals surface area (Å²) in [5.74, 6) is 0.875. The number of fused-ring (bicyclic) bond motifs is 1. The Morgan fingerprint density at radius 1 is 1.13 bits per heavy atom. The minimum absolute atomic E-state index is 0.0847. The van der Waals surface area contributed by atoms with E-state index in [0.717, 1.165) is 11.3 Å². The van der Waals surface area contributed by atoms with Gasteiger partial charge >= 0.3 is 0 Å². The van der Waals surface area contributed by atoms with Crippen molar-refractivity contribution in [2.24, 2.45) is 0 Å². The highest BCUT2D eigenvalue weighted by Gasteiger charge is 2.38. The molecular formula is C22H20N4O5. The number of hydrogen-bond donors (Lipinski definition) is 1. The van der Waals surface area contributed by atoms with Gasteiger partial charge in [-0.15, -0.1) is 0 Å². The summed E-state index contributed by atoms with van der Waals surface area (Å²) >= 11 is 0. The predicted molar refractivity (Wildman–Crippen MR) is 113 cm³/mol. The first-order valence-corrected chi connectivity index (χ1v) is 9.49. The number of ether oxygens (including phenoxy) is 2. The molecule has 0 saturated carbocycles. The molecule has 0 spiro atoms. The molecule has 0 aliphatic carbocycles. The lowest BCUT2D eigenvalue weighted by atomic mass is 10.2. The Hall–Kier alpha value is -4.14. The number of aromatic nitrogens is 1. The van der Waals surface area contributed by atoms with Crippen molar-refractivity contribution < 1.29 is 19.2 Å². The largest absolute Gasteiger partial charge is 0.497 e. The number of anilines is 1. The van der Waals surface area contributed by atoms with Crippen molar-refractivity contribution in [3.63, 3.8) is 0 Å². The van der Waals surface area contributed by atoms with Crippen LogP contribution in [-0.2, 0) is 6.54 Å². The molecule has 9 nitrogen and oxygen atoms in total. The number of benzene rings is 2. The third-order valence-corrected chi connectivity index (χ3v) is 5.10. The van der Waals surface area contributed by atoms with E-state index in [2.05, 4.69) is 10.3 Å². The summed E-state index contributed by atoms with van der Waals surface area (Å²) in [5.41, 5.74) is 2.45. The molecule has 31 heavy (non-hydrogen) atoms. The molecule has 4 rings (SSSR count). The van der Waals surface area contributed by atoms with Crippen molar-refractivity contribution in [3.8, 4) is 11.5 Å². The van der Waals surface area contributed by atoms with E-state index in [0.29, 0.717) is 29.2 Å². The second-order valence-electron chi connectivity index (χ2n) is 6.91. The summed E-state index contributed by atoms with van der Waals surface area (Å²) in [6, 6.07) is 15.2. The van der Waals surface area contributed by atoms with E-state index in [1.165, 1.54) is 19.2 Å². The maximum absolute atomic E-state index is 13.1. The number of pyridine rings is 1. The van der Waals surface area contributed by atoms with E-state index in [1.54, 1.807) is 36.4 Å². The van der Waals surface area contributed by atoms with Gasteiger partial charge in [0.15, 0.2) is 0 Å². The molecule has 158 valence electrons. The Kier molecular flexibility index (Phi) is 5.40. The molecule has 0 fully saturated rings. The third-order valence-electron chi connectivity index (χ3n) is 5.10. The minimum Gasteiger partial charge on any atom is -0.497 e. The first-order chi connectivity index (χ1) is 15.0. The zero-order valence-electron chi connectivity index (χ0n) is 16.9. The maximum atomic E-state index is 13.1. The number of nitro benzene ring substituents is 1. The third kappa shape index (κ3) is 3.85. The Bertz CT molecular complexity index is 1130. The first-order valence-electron chi connectivity index (χ1n) is 9.49. The summed E-state index contributed by atoms with van der Waals surface area (Å²) in [4.78, 5) is 29.8. The summed E-state index contributed by atoms with van der Waals surface area (Å²) < 4.78 is 10.5. The van der Waals surface area contributed by atoms with Crippen molar-refractivity contribution in [3.05, 3.63) is 87.7 Å². The molecule has 0 radical (unpaired) electrons. The number of rotatable bonds is 7. The second kappa shape index (κ2) is 8.31. The van der Waals surface area contributed by atoms with Gasteiger partial charge in [-0.05, 0) is 35.9 Å². The topological polar surface area (TPSA) is 107 Å². The van der Waals surface area contributed by atoms with E-state index in [9.17, 15) is 14.9 Å². The Morgan fingerprint density at radius 2 is 1.90 bits per heavy atom. The van der Waals surface area contributed by atoms with Crippen LogP contribution in [0.15, 0.2) is 60.8 Å². The Balaban J connectivity index is 1.68. The minimum atomic E-state index is -0.568. The molecular weight excluding hydrogens is 400 g/mol. The zero-order valence-corrected chi connectivity index (χ0v) is 16.9. The molecule has 1 amide bonds. The summed E-state index contributed by atoms with van der Waals surface area (Å²) in [5, 5.41) is 14.4. The maximum Gasteiger partial charge on any atom is 0.273 e. The number of hydrogen-bond acceptors (Lipinski definition) is 7. The zero-order chi connectivity index (χ0) is 22.0. The van der Waals surface area contributed by atoms with Gasteiger partial charge in [0, 0.05) is 18.8 Å². The molecule has 1 aromatic heterocycles. The summed E-state index contributed by atoms with van der Waals surface area (Å²) in [7, 11) is 3.03. The predicted octanol–water partition coefficient (Wildman–Crippen LogP) is 3.77. The number of carbonyl (C=O) groups excluding carboxylic acids is 1. The van der Waals surface area contributed by atoms with Crippen molar-refractivity contribution in [2.75, 3.05) is 19.5 Å². The van der Waals surface area contributed by atoms with Crippen LogP contribution in [0.1, 0.15) is 27.8 Å². The number of nitrogens with zero attached hydrogens (tertiary/aromatic N) is 3. The highest BCUT2D eigenvalue weighted by atomic mass is 16.6. The van der Waals surface area contributed by atoms with Crippen molar-refractivity contribution in [1.29, 1.82) is 0 Å². The van der Waals surface area contributed by atoms with Crippen LogP contribution in [0.4, 0.5) is 11.4 Å². The average Bonchev–Trinajstić information content (AvgIpc) is 3.05. The van der Waals surface area contributed by atoms with Gasteiger partial charge in [-0.1, -0.05) is 12.1 Å². The van der Waals surface area contributed by atoms with Crippen LogP contribution in [0.3, 0.4) is 0 Å². The molecule has 0 saturated heterocycles. The Morgan fingerprint density at radius 3 is 2.58 bits per heavy atom. The van der Waals surface area contributed by atoms with Crippen LogP contribution < -0.4 is 14.8 Å². The summed E-state index contributed by atoms with van der Waals surface area (Å²) in [6.07, 6.45) is 1.06. The fourth-order valence-electron chi connectivity index (χ4n) is 3.53. The number of nitrogens with one attached hydrogen (secondary N) is 1. The first kappa shape index (κ1) is 20.1. The molecule has 9 heteroatoms. The van der Waals surface area contributed by atoms with Gasteiger partial charge in [0.2, 0.25) is 0 Å². The molecule has 0 bridgehead atoms. The number of amides is 1. The van der Waals surface area contributed by atoms with Gasteiger partial charge in [-0.25, -0.2) is 0 Å². The van der Waals surface area contributed by atoms with Gasteiger partial charge in [0.25, 0.3) is 11.6 Å². The molecule has 1 atom stereocenters. The van der Waals surface area contributed by atoms with Gasteiger partial charge in [-0.3, -0.25) is 19.9 Å². The van der Waals surface area contributed by atoms with E-state index in [1.807, 2.05) is 24.3 Å². The smallest absolute Gasteiger partial charge is 0.273 e. The normalized spacial score (nSPS) is 14.8. The van der Waals surface area contributed by atoms with Crippen LogP contribution in [0.2, 0.25) is 0 Å². The van der Waals surface area contributed by atoms with E-state index in [4.69, 9.17) is 9.47 Å². The molecule has 1 aliphatic heterocycles. The van der Waals surface area contributed by atoms with E-state index in [-0.39, 0.29) is 11.6 Å². The van der Waals surface area contributed by atoms with Gasteiger partial charge in [0.1, 0.15) is 17.7 Å². The number of carbonyl (C=O) groups is 1. The molecule has 1 N–H and O–H groups in total. The highest BCUT2D eigenvalue weighted by molar-refractivity contribution is 5.99. The van der Waals surface area contributed by atoms with Crippen LogP contribution in [0.5, 0.6) is 11.5 Å². The lowest BCUT2D eigenvalue weighted by molar-refractivity contribution is -0.384. The van der Waals surface area contributed by atoms with Crippen molar-refractivity contribution >= 4 is 17.3 Å². The molecule has 0 unspecified atom stereocenters. The number of non-ortho nitro benzene ring substituents is 1.